The van der Waals surface area contributed by atoms with Crippen LogP contribution in [-0.2, 0) is 14.8 Å². The Bertz CT molecular complexity index is 835. The smallest absolute Gasteiger partial charge is 0.241 e. The van der Waals surface area contributed by atoms with E-state index in [-0.39, 0.29) is 23.5 Å². The maximum absolute atomic E-state index is 12.8. The van der Waals surface area contributed by atoms with Crippen molar-refractivity contribution in [2.75, 3.05) is 26.4 Å². The second-order valence-corrected chi connectivity index (χ2v) is 8.19. The monoisotopic (exact) mass is 370 g/mol. The number of hydrogen-bond donors (Lipinski definition) is 2. The van der Waals surface area contributed by atoms with Gasteiger partial charge in [-0.05, 0) is 37.1 Å². The number of rotatable bonds is 6. The third-order valence-corrected chi connectivity index (χ3v) is 6.20. The average Bonchev–Trinajstić information content (AvgIpc) is 3.03. The Balaban J connectivity index is 1.90. The number of nitrogens with zero attached hydrogens (tertiary/aromatic N) is 1. The SMILES string of the molecule is O=S(=O)(NCC1(CCO)CCOC1)c1ccc(Cl)c2ncccc12. The fourth-order valence-corrected chi connectivity index (χ4v) is 4.55. The summed E-state index contributed by atoms with van der Waals surface area (Å²) in [6, 6.07) is 6.38. The lowest BCUT2D eigenvalue weighted by atomic mass is 9.84. The van der Waals surface area contributed by atoms with Gasteiger partial charge in [-0.1, -0.05) is 11.6 Å². The first-order chi connectivity index (χ1) is 11.5. The maximum Gasteiger partial charge on any atom is 0.241 e. The lowest BCUT2D eigenvalue weighted by Crippen LogP contribution is -2.38. The molecule has 2 N–H and O–H groups in total. The van der Waals surface area contributed by atoms with E-state index in [1.54, 1.807) is 18.3 Å². The number of halogens is 1. The number of sulfonamides is 1. The van der Waals surface area contributed by atoms with Crippen LogP contribution in [0.15, 0.2) is 35.4 Å². The molecule has 130 valence electrons. The zero-order valence-corrected chi connectivity index (χ0v) is 14.6. The quantitative estimate of drug-likeness (QED) is 0.811. The van der Waals surface area contributed by atoms with Crippen LogP contribution >= 0.6 is 11.6 Å². The van der Waals surface area contributed by atoms with Gasteiger partial charge in [-0.3, -0.25) is 4.98 Å². The van der Waals surface area contributed by atoms with Crippen molar-refractivity contribution < 1.29 is 18.3 Å². The van der Waals surface area contributed by atoms with Crippen LogP contribution in [0.3, 0.4) is 0 Å². The van der Waals surface area contributed by atoms with Gasteiger partial charge in [0.2, 0.25) is 10.0 Å². The lowest BCUT2D eigenvalue weighted by Gasteiger charge is -2.26. The van der Waals surface area contributed by atoms with E-state index in [4.69, 9.17) is 16.3 Å². The van der Waals surface area contributed by atoms with Crippen LogP contribution in [0.1, 0.15) is 12.8 Å². The van der Waals surface area contributed by atoms with Gasteiger partial charge < -0.3 is 9.84 Å². The molecule has 6 nitrogen and oxygen atoms in total. The zero-order chi connectivity index (χ0) is 17.2. The molecular formula is C16H19ClN2O4S. The summed E-state index contributed by atoms with van der Waals surface area (Å²) in [5, 5.41) is 10.1. The molecule has 1 fully saturated rings. The van der Waals surface area contributed by atoms with Crippen molar-refractivity contribution in [3.05, 3.63) is 35.5 Å². The van der Waals surface area contributed by atoms with E-state index in [9.17, 15) is 13.5 Å². The maximum atomic E-state index is 12.8. The summed E-state index contributed by atoms with van der Waals surface area (Å²) in [4.78, 5) is 4.30. The van der Waals surface area contributed by atoms with Gasteiger partial charge in [-0.25, -0.2) is 13.1 Å². The van der Waals surface area contributed by atoms with Gasteiger partial charge in [-0.15, -0.1) is 0 Å². The van der Waals surface area contributed by atoms with Crippen LogP contribution in [0.4, 0.5) is 0 Å². The first kappa shape index (κ1) is 17.6. The number of benzene rings is 1. The fourth-order valence-electron chi connectivity index (χ4n) is 2.98. The molecule has 1 unspecified atom stereocenters. The number of pyridine rings is 1. The van der Waals surface area contributed by atoms with Gasteiger partial charge in [-0.2, -0.15) is 0 Å². The van der Waals surface area contributed by atoms with Gasteiger partial charge in [0.25, 0.3) is 0 Å². The van der Waals surface area contributed by atoms with Crippen molar-refractivity contribution >= 4 is 32.5 Å². The molecule has 2 aromatic rings. The molecule has 8 heteroatoms. The molecule has 0 radical (unpaired) electrons. The van der Waals surface area contributed by atoms with Gasteiger partial charge in [0.15, 0.2) is 0 Å². The Labute approximate surface area is 145 Å². The van der Waals surface area contributed by atoms with Gasteiger partial charge >= 0.3 is 0 Å². The Kier molecular flexibility index (Phi) is 5.08. The van der Waals surface area contributed by atoms with Crippen molar-refractivity contribution in [1.29, 1.82) is 0 Å². The number of nitrogens with one attached hydrogen (secondary N) is 1. The van der Waals surface area contributed by atoms with Crippen LogP contribution in [-0.4, -0.2) is 44.9 Å². The van der Waals surface area contributed by atoms with Crippen LogP contribution in [0.5, 0.6) is 0 Å². The summed E-state index contributed by atoms with van der Waals surface area (Å²) in [5.74, 6) is 0. The van der Waals surface area contributed by atoms with E-state index in [1.807, 2.05) is 0 Å². The predicted octanol–water partition coefficient (Wildman–Crippen LogP) is 1.96. The van der Waals surface area contributed by atoms with Crippen molar-refractivity contribution in [2.24, 2.45) is 5.41 Å². The Morgan fingerprint density at radius 2 is 2.21 bits per heavy atom. The third-order valence-electron chi connectivity index (χ3n) is 4.43. The van der Waals surface area contributed by atoms with Gasteiger partial charge in [0.1, 0.15) is 0 Å². The number of ether oxygens (including phenoxy) is 1. The lowest BCUT2D eigenvalue weighted by molar-refractivity contribution is 0.128. The standard InChI is InChI=1S/C16H19ClN2O4S/c17-13-3-4-14(12-2-1-7-18-15(12)13)24(21,22)19-10-16(5-8-20)6-9-23-11-16/h1-4,7,19-20H,5-6,8-11H2. The Hall–Kier alpha value is -1.25. The second-order valence-electron chi connectivity index (χ2n) is 6.05. The second kappa shape index (κ2) is 6.93. The molecular weight excluding hydrogens is 352 g/mol. The molecule has 1 aromatic heterocycles. The van der Waals surface area contributed by atoms with Crippen molar-refractivity contribution in [3.63, 3.8) is 0 Å². The summed E-state index contributed by atoms with van der Waals surface area (Å²) in [6.45, 7) is 1.24. The third kappa shape index (κ3) is 3.41. The molecule has 3 rings (SSSR count). The van der Waals surface area contributed by atoms with Gasteiger partial charge in [0.05, 0.1) is 22.0 Å². The average molecular weight is 371 g/mol. The minimum absolute atomic E-state index is 0.00111. The summed E-state index contributed by atoms with van der Waals surface area (Å²) in [7, 11) is -3.73. The minimum atomic E-state index is -3.73. The molecule has 1 atom stereocenters. The minimum Gasteiger partial charge on any atom is -0.396 e. The first-order valence-electron chi connectivity index (χ1n) is 7.69. The molecule has 1 aliphatic rings. The molecule has 24 heavy (non-hydrogen) atoms. The molecule has 2 heterocycles. The van der Waals surface area contributed by atoms with Crippen LogP contribution < -0.4 is 4.72 Å². The molecule has 0 spiro atoms. The fraction of sp³-hybridized carbons (Fsp3) is 0.438. The predicted molar refractivity (Wildman–Crippen MR) is 91.5 cm³/mol. The number of aromatic nitrogens is 1. The van der Waals surface area contributed by atoms with E-state index in [2.05, 4.69) is 9.71 Å². The zero-order valence-electron chi connectivity index (χ0n) is 13.0. The van der Waals surface area contributed by atoms with E-state index in [0.29, 0.717) is 35.6 Å². The molecule has 0 bridgehead atoms. The molecule has 1 aromatic carbocycles. The molecule has 1 aliphatic heterocycles. The van der Waals surface area contributed by atoms with Gasteiger partial charge in [0, 0.05) is 36.8 Å². The number of fused-ring (bicyclic) bond motifs is 1. The Morgan fingerprint density at radius 1 is 1.38 bits per heavy atom. The topological polar surface area (TPSA) is 88.5 Å². The Morgan fingerprint density at radius 3 is 2.92 bits per heavy atom. The van der Waals surface area contributed by atoms with Crippen LogP contribution in [0.2, 0.25) is 5.02 Å². The molecule has 1 saturated heterocycles. The van der Waals surface area contributed by atoms with Crippen molar-refractivity contribution in [3.8, 4) is 0 Å². The number of aliphatic hydroxyl groups excluding tert-OH is 1. The number of hydrogen-bond acceptors (Lipinski definition) is 5. The summed E-state index contributed by atoms with van der Waals surface area (Å²) in [5.41, 5.74) is 0.0961. The van der Waals surface area contributed by atoms with E-state index < -0.39 is 10.0 Å². The van der Waals surface area contributed by atoms with E-state index in [1.165, 1.54) is 12.1 Å². The summed E-state index contributed by atoms with van der Waals surface area (Å²) in [6.07, 6.45) is 2.79. The molecule has 0 saturated carbocycles. The highest BCUT2D eigenvalue weighted by molar-refractivity contribution is 7.89. The summed E-state index contributed by atoms with van der Waals surface area (Å²) >= 11 is 6.10. The summed E-state index contributed by atoms with van der Waals surface area (Å²) < 4.78 is 33.6. The van der Waals surface area contributed by atoms with E-state index >= 15 is 0 Å². The first-order valence-corrected chi connectivity index (χ1v) is 9.55. The highest BCUT2D eigenvalue weighted by Gasteiger charge is 2.35. The molecule has 0 amide bonds. The van der Waals surface area contributed by atoms with E-state index in [0.717, 1.165) is 6.42 Å². The highest BCUT2D eigenvalue weighted by Crippen LogP contribution is 2.33. The normalized spacial score (nSPS) is 21.4. The highest BCUT2D eigenvalue weighted by atomic mass is 35.5. The van der Waals surface area contributed by atoms with Crippen LogP contribution in [0, 0.1) is 5.41 Å². The van der Waals surface area contributed by atoms with Crippen LogP contribution in [0.25, 0.3) is 10.9 Å². The van der Waals surface area contributed by atoms with Crippen molar-refractivity contribution in [2.45, 2.75) is 17.7 Å². The van der Waals surface area contributed by atoms with Crippen molar-refractivity contribution in [1.82, 2.24) is 9.71 Å². The molecule has 0 aliphatic carbocycles. The largest absolute Gasteiger partial charge is 0.396 e. The number of aliphatic hydroxyl groups is 1.